The first-order valence-corrected chi connectivity index (χ1v) is 7.75. The van der Waals surface area contributed by atoms with Gasteiger partial charge in [0.15, 0.2) is 12.4 Å². The van der Waals surface area contributed by atoms with E-state index < -0.39 is 11.4 Å². The van der Waals surface area contributed by atoms with Gasteiger partial charge in [-0.1, -0.05) is 11.2 Å². The Morgan fingerprint density at radius 1 is 1.29 bits per heavy atom. The molecule has 3 rings (SSSR count). The van der Waals surface area contributed by atoms with Gasteiger partial charge in [-0.3, -0.25) is 4.79 Å². The molecule has 1 heterocycles. The number of aromatic hydroxyl groups is 1. The second kappa shape index (κ2) is 5.63. The van der Waals surface area contributed by atoms with Gasteiger partial charge in [-0.2, -0.15) is 4.57 Å². The highest BCUT2D eigenvalue weighted by Gasteiger charge is 2.46. The number of phenolic OH excluding ortho intramolecular Hbond substituents is 1. The van der Waals surface area contributed by atoms with Crippen LogP contribution in [0.3, 0.4) is 0 Å². The van der Waals surface area contributed by atoms with Crippen LogP contribution in [-0.2, 0) is 16.8 Å². The lowest BCUT2D eigenvalue weighted by Crippen LogP contribution is -2.62. The number of hydrogen-bond acceptors (Lipinski definition) is 4. The summed E-state index contributed by atoms with van der Waals surface area (Å²) in [6, 6.07) is 7.21. The molecule has 1 amide bonds. The first-order valence-electron chi connectivity index (χ1n) is 7.75. The predicted molar refractivity (Wildman–Crippen MR) is 88.1 cm³/mol. The second-order valence-corrected chi connectivity index (χ2v) is 6.21. The molecule has 6 heteroatoms. The minimum Gasteiger partial charge on any atom is -0.507 e. The molecule has 1 aromatic carbocycles. The lowest BCUT2D eigenvalue weighted by atomic mass is 9.85. The van der Waals surface area contributed by atoms with Gasteiger partial charge in [0.05, 0.1) is 11.3 Å². The highest BCUT2D eigenvalue weighted by molar-refractivity contribution is 6.07. The number of hydrogen-bond donors (Lipinski definition) is 3. The lowest BCUT2D eigenvalue weighted by molar-refractivity contribution is -0.735. The zero-order valence-electron chi connectivity index (χ0n) is 13.7. The SMILES string of the molecule is Cc1cc(C(C)(C(N)=O)[n+]2ccccc2)c(O)c2c1CC/C2=N\O. The summed E-state index contributed by atoms with van der Waals surface area (Å²) < 4.78 is 1.67. The van der Waals surface area contributed by atoms with E-state index in [0.29, 0.717) is 29.7 Å². The maximum absolute atomic E-state index is 12.3. The summed E-state index contributed by atoms with van der Waals surface area (Å²) >= 11 is 0. The molecule has 0 fully saturated rings. The lowest BCUT2D eigenvalue weighted by Gasteiger charge is -2.24. The molecule has 1 atom stereocenters. The third-order valence-electron chi connectivity index (χ3n) is 4.89. The van der Waals surface area contributed by atoms with E-state index in [4.69, 9.17) is 5.73 Å². The minimum absolute atomic E-state index is 0.0569. The van der Waals surface area contributed by atoms with Crippen molar-refractivity contribution >= 4 is 11.6 Å². The molecule has 0 bridgehead atoms. The fraction of sp³-hybridized carbons (Fsp3) is 0.278. The number of nitrogens with two attached hydrogens (primary N) is 1. The zero-order chi connectivity index (χ0) is 17.5. The van der Waals surface area contributed by atoms with Gasteiger partial charge in [0, 0.05) is 24.6 Å². The molecule has 24 heavy (non-hydrogen) atoms. The standard InChI is InChI=1S/C18H19N3O3/c1-11-10-13(16(22)15-12(11)6-7-14(15)20-24)18(2,17(19)23)21-8-4-3-5-9-21/h3-5,8-10H,6-7H2,1-2H3,(H3-,19,20,22,23,24)/p+1. The van der Waals surface area contributed by atoms with E-state index in [0.717, 1.165) is 11.1 Å². The van der Waals surface area contributed by atoms with Gasteiger partial charge >= 0.3 is 0 Å². The highest BCUT2D eigenvalue weighted by Crippen LogP contribution is 2.40. The number of amides is 1. The van der Waals surface area contributed by atoms with Gasteiger partial charge < -0.3 is 16.0 Å². The smallest absolute Gasteiger partial charge is 0.294 e. The first-order chi connectivity index (χ1) is 11.4. The Balaban J connectivity index is 2.33. The summed E-state index contributed by atoms with van der Waals surface area (Å²) in [5.74, 6) is -0.646. The van der Waals surface area contributed by atoms with Crippen molar-refractivity contribution < 1.29 is 19.7 Å². The van der Waals surface area contributed by atoms with Gasteiger partial charge in [-0.05, 0) is 37.0 Å². The molecule has 0 aliphatic heterocycles. The molecular formula is C18H20N3O3+. The number of benzene rings is 1. The van der Waals surface area contributed by atoms with Crippen molar-refractivity contribution in [2.45, 2.75) is 32.2 Å². The number of carbonyl (C=O) groups excluding carboxylic acids is 1. The summed E-state index contributed by atoms with van der Waals surface area (Å²) in [5, 5.41) is 23.4. The minimum atomic E-state index is -1.27. The van der Waals surface area contributed by atoms with Crippen molar-refractivity contribution in [2.24, 2.45) is 10.9 Å². The molecule has 0 spiro atoms. The molecule has 6 nitrogen and oxygen atoms in total. The largest absolute Gasteiger partial charge is 0.507 e. The third-order valence-corrected chi connectivity index (χ3v) is 4.89. The summed E-state index contributed by atoms with van der Waals surface area (Å²) in [6.07, 6.45) is 4.71. The Bertz CT molecular complexity index is 846. The van der Waals surface area contributed by atoms with Crippen molar-refractivity contribution in [3.05, 3.63) is 58.9 Å². The monoisotopic (exact) mass is 326 g/mol. The Kier molecular flexibility index (Phi) is 3.75. The number of oxime groups is 1. The number of rotatable bonds is 3. The first kappa shape index (κ1) is 16.0. The average molecular weight is 326 g/mol. The number of nitrogens with zero attached hydrogens (tertiary/aromatic N) is 2. The fourth-order valence-electron chi connectivity index (χ4n) is 3.42. The average Bonchev–Trinajstić information content (AvgIpc) is 3.03. The molecular weight excluding hydrogens is 306 g/mol. The van der Waals surface area contributed by atoms with E-state index in [1.165, 1.54) is 0 Å². The number of carbonyl (C=O) groups is 1. The van der Waals surface area contributed by atoms with E-state index in [-0.39, 0.29) is 5.75 Å². The molecule has 0 saturated heterocycles. The van der Waals surface area contributed by atoms with Gasteiger partial charge in [0.25, 0.3) is 11.4 Å². The van der Waals surface area contributed by atoms with Gasteiger partial charge in [0.2, 0.25) is 0 Å². The molecule has 0 radical (unpaired) electrons. The summed E-state index contributed by atoms with van der Waals surface area (Å²) in [4.78, 5) is 12.3. The number of primary amides is 1. The van der Waals surface area contributed by atoms with Crippen LogP contribution in [0.2, 0.25) is 0 Å². The predicted octanol–water partition coefficient (Wildman–Crippen LogP) is 1.36. The topological polar surface area (TPSA) is 99.8 Å². The third kappa shape index (κ3) is 2.14. The van der Waals surface area contributed by atoms with Gasteiger partial charge in [-0.25, -0.2) is 0 Å². The van der Waals surface area contributed by atoms with Crippen LogP contribution >= 0.6 is 0 Å². The second-order valence-electron chi connectivity index (χ2n) is 6.21. The normalized spacial score (nSPS) is 17.5. The summed E-state index contributed by atoms with van der Waals surface area (Å²) in [7, 11) is 0. The molecule has 2 aromatic rings. The fourth-order valence-corrected chi connectivity index (χ4v) is 3.42. The Morgan fingerprint density at radius 2 is 1.96 bits per heavy atom. The van der Waals surface area contributed by atoms with E-state index >= 15 is 0 Å². The maximum Gasteiger partial charge on any atom is 0.294 e. The van der Waals surface area contributed by atoms with Gasteiger partial charge in [-0.15, -0.1) is 0 Å². The Hall–Kier alpha value is -2.89. The zero-order valence-corrected chi connectivity index (χ0v) is 13.7. The Morgan fingerprint density at radius 3 is 2.54 bits per heavy atom. The van der Waals surface area contributed by atoms with Crippen LogP contribution in [0.25, 0.3) is 0 Å². The molecule has 1 aliphatic carbocycles. The molecule has 1 aliphatic rings. The van der Waals surface area contributed by atoms with Crippen LogP contribution in [-0.4, -0.2) is 21.9 Å². The van der Waals surface area contributed by atoms with Crippen LogP contribution in [0.4, 0.5) is 0 Å². The number of fused-ring (bicyclic) bond motifs is 1. The number of aromatic nitrogens is 1. The van der Waals surface area contributed by atoms with Crippen LogP contribution in [0.1, 0.15) is 35.6 Å². The van der Waals surface area contributed by atoms with E-state index in [9.17, 15) is 15.1 Å². The van der Waals surface area contributed by atoms with Crippen LogP contribution in [0, 0.1) is 6.92 Å². The summed E-state index contributed by atoms with van der Waals surface area (Å²) in [6.45, 7) is 3.58. The van der Waals surface area contributed by atoms with Crippen LogP contribution in [0.15, 0.2) is 41.8 Å². The van der Waals surface area contributed by atoms with Crippen LogP contribution < -0.4 is 10.3 Å². The van der Waals surface area contributed by atoms with Crippen molar-refractivity contribution in [1.29, 1.82) is 0 Å². The number of phenols is 1. The number of aryl methyl sites for hydroxylation is 1. The van der Waals surface area contributed by atoms with Gasteiger partial charge in [0.1, 0.15) is 5.75 Å². The molecule has 1 unspecified atom stereocenters. The molecule has 124 valence electrons. The van der Waals surface area contributed by atoms with Crippen LogP contribution in [0.5, 0.6) is 5.75 Å². The number of pyridine rings is 1. The maximum atomic E-state index is 12.3. The van der Waals surface area contributed by atoms with Crippen molar-refractivity contribution in [3.8, 4) is 5.75 Å². The molecule has 0 saturated carbocycles. The quantitative estimate of drug-likeness (QED) is 0.451. The highest BCUT2D eigenvalue weighted by atomic mass is 16.4. The van der Waals surface area contributed by atoms with Crippen molar-refractivity contribution in [2.75, 3.05) is 0 Å². The molecule has 4 N–H and O–H groups in total. The van der Waals surface area contributed by atoms with E-state index in [1.54, 1.807) is 42.1 Å². The van der Waals surface area contributed by atoms with Crippen molar-refractivity contribution in [3.63, 3.8) is 0 Å². The summed E-state index contributed by atoms with van der Waals surface area (Å²) in [5.41, 5.74) is 7.65. The van der Waals surface area contributed by atoms with Crippen molar-refractivity contribution in [1.82, 2.24) is 0 Å². The Labute approximate surface area is 139 Å². The molecule has 1 aromatic heterocycles. The van der Waals surface area contributed by atoms with E-state index in [2.05, 4.69) is 5.16 Å². The van der Waals surface area contributed by atoms with E-state index in [1.807, 2.05) is 13.0 Å².